The van der Waals surface area contributed by atoms with Gasteiger partial charge in [0.1, 0.15) is 5.75 Å². The van der Waals surface area contributed by atoms with Crippen LogP contribution in [0.3, 0.4) is 0 Å². The first-order chi connectivity index (χ1) is 15.7. The lowest BCUT2D eigenvalue weighted by Crippen LogP contribution is -2.46. The molecule has 2 amide bonds. The Morgan fingerprint density at radius 3 is 2.45 bits per heavy atom. The van der Waals surface area contributed by atoms with E-state index in [1.807, 2.05) is 6.92 Å². The summed E-state index contributed by atoms with van der Waals surface area (Å²) in [5.74, 6) is 0.310. The van der Waals surface area contributed by atoms with Crippen molar-refractivity contribution < 1.29 is 22.7 Å². The summed E-state index contributed by atoms with van der Waals surface area (Å²) in [5.41, 5.74) is 1.52. The summed E-state index contributed by atoms with van der Waals surface area (Å²) in [6, 6.07) is 13.3. The molecule has 176 valence electrons. The number of nitrogens with one attached hydrogen (secondary N) is 1. The number of hydrogen-bond donors (Lipinski definition) is 2. The Kier molecular flexibility index (Phi) is 8.11. The number of methoxy groups -OCH3 is 1. The Bertz CT molecular complexity index is 1130. The molecule has 2 aromatic rings. The van der Waals surface area contributed by atoms with Crippen molar-refractivity contribution in [2.24, 2.45) is 10.1 Å². The first kappa shape index (κ1) is 24.7. The molecule has 1 aliphatic heterocycles. The largest absolute Gasteiger partial charge is 0.497 e. The van der Waals surface area contributed by atoms with E-state index in [1.54, 1.807) is 48.4 Å². The van der Waals surface area contributed by atoms with Gasteiger partial charge in [-0.2, -0.15) is 0 Å². The molecule has 1 aliphatic rings. The molecule has 3 rings (SSSR count). The second-order valence-electron chi connectivity index (χ2n) is 7.27. The van der Waals surface area contributed by atoms with Crippen LogP contribution in [-0.4, -0.2) is 55.7 Å². The van der Waals surface area contributed by atoms with Crippen molar-refractivity contribution in [3.63, 3.8) is 0 Å². The summed E-state index contributed by atoms with van der Waals surface area (Å²) in [6.45, 7) is 2.68. The van der Waals surface area contributed by atoms with Gasteiger partial charge in [-0.15, -0.1) is 0 Å². The van der Waals surface area contributed by atoms with Crippen molar-refractivity contribution in [1.82, 2.24) is 10.2 Å². The number of hydrogen-bond acceptors (Lipinski definition) is 7. The summed E-state index contributed by atoms with van der Waals surface area (Å²) in [5, 5.41) is 7.86. The molecule has 0 unspecified atom stereocenters. The topological polar surface area (TPSA) is 131 Å². The van der Waals surface area contributed by atoms with Gasteiger partial charge in [0.05, 0.1) is 22.9 Å². The molecule has 1 fully saturated rings. The Morgan fingerprint density at radius 2 is 1.88 bits per heavy atom. The highest BCUT2D eigenvalue weighted by Crippen LogP contribution is 2.29. The number of primary sulfonamides is 1. The van der Waals surface area contributed by atoms with Crippen LogP contribution in [0.25, 0.3) is 0 Å². The Morgan fingerprint density at radius 1 is 1.21 bits per heavy atom. The highest BCUT2D eigenvalue weighted by Gasteiger charge is 2.35. The first-order valence-electron chi connectivity index (χ1n) is 10.3. The fourth-order valence-electron chi connectivity index (χ4n) is 3.21. The molecular formula is C22H26N4O5S2. The van der Waals surface area contributed by atoms with Crippen LogP contribution >= 0.6 is 11.8 Å². The number of rotatable bonds is 8. The van der Waals surface area contributed by atoms with Crippen molar-refractivity contribution in [3.8, 4) is 5.75 Å². The van der Waals surface area contributed by atoms with Gasteiger partial charge >= 0.3 is 0 Å². The van der Waals surface area contributed by atoms with Crippen LogP contribution in [0.15, 0.2) is 58.4 Å². The first-order valence-corrected chi connectivity index (χ1v) is 12.7. The minimum Gasteiger partial charge on any atom is -0.497 e. The third-order valence-corrected chi connectivity index (χ3v) is 7.13. The second-order valence-corrected chi connectivity index (χ2v) is 10.0. The number of amides is 2. The number of sulfonamides is 1. The van der Waals surface area contributed by atoms with Crippen LogP contribution < -0.4 is 15.2 Å². The van der Waals surface area contributed by atoms with Gasteiger partial charge in [-0.3, -0.25) is 14.5 Å². The van der Waals surface area contributed by atoms with Crippen LogP contribution in [0.5, 0.6) is 5.75 Å². The van der Waals surface area contributed by atoms with Crippen LogP contribution in [0, 0.1) is 0 Å². The smallest absolute Gasteiger partial charge is 0.238 e. The number of thioether (sulfide) groups is 1. The maximum atomic E-state index is 12.7. The van der Waals surface area contributed by atoms with Gasteiger partial charge in [0, 0.05) is 19.5 Å². The summed E-state index contributed by atoms with van der Waals surface area (Å²) in [4.78, 5) is 31.5. The predicted molar refractivity (Wildman–Crippen MR) is 128 cm³/mol. The fraction of sp³-hybridized carbons (Fsp3) is 0.318. The van der Waals surface area contributed by atoms with E-state index in [1.165, 1.54) is 23.9 Å². The van der Waals surface area contributed by atoms with Crippen molar-refractivity contribution in [2.45, 2.75) is 29.9 Å². The minimum absolute atomic E-state index is 0.0385. The lowest BCUT2D eigenvalue weighted by Gasteiger charge is -2.30. The Balaban J connectivity index is 1.62. The average molecular weight is 491 g/mol. The number of nitrogens with zero attached hydrogens (tertiary/aromatic N) is 2. The Hall–Kier alpha value is -2.89. The molecule has 1 heterocycles. The molecule has 0 radical (unpaired) electrons. The number of nitrogens with two attached hydrogens (primary N) is 1. The van der Waals surface area contributed by atoms with Gasteiger partial charge in [0.2, 0.25) is 21.8 Å². The highest BCUT2D eigenvalue weighted by molar-refractivity contribution is 8.15. The molecule has 33 heavy (non-hydrogen) atoms. The normalized spacial score (nSPS) is 17.8. The molecule has 0 saturated carbocycles. The van der Waals surface area contributed by atoms with Crippen molar-refractivity contribution in [2.75, 3.05) is 20.2 Å². The molecule has 0 aromatic heterocycles. The zero-order valence-electron chi connectivity index (χ0n) is 18.4. The van der Waals surface area contributed by atoms with E-state index in [2.05, 4.69) is 10.3 Å². The molecule has 0 bridgehead atoms. The van der Waals surface area contributed by atoms with Gasteiger partial charge in [-0.05, 0) is 55.3 Å². The number of carbonyl (C=O) groups excluding carboxylic acids is 2. The van der Waals surface area contributed by atoms with E-state index in [0.717, 1.165) is 5.56 Å². The Labute approximate surface area is 197 Å². The second kappa shape index (κ2) is 10.8. The molecule has 1 saturated heterocycles. The lowest BCUT2D eigenvalue weighted by molar-refractivity contribution is -0.130. The predicted octanol–water partition coefficient (Wildman–Crippen LogP) is 2.04. The quantitative estimate of drug-likeness (QED) is 0.582. The van der Waals surface area contributed by atoms with E-state index >= 15 is 0 Å². The zero-order chi connectivity index (χ0) is 24.0. The van der Waals surface area contributed by atoms with Gasteiger partial charge in [0.15, 0.2) is 5.17 Å². The summed E-state index contributed by atoms with van der Waals surface area (Å²) >= 11 is 1.26. The van der Waals surface area contributed by atoms with E-state index in [0.29, 0.717) is 36.1 Å². The maximum absolute atomic E-state index is 12.7. The molecule has 9 nitrogen and oxygen atoms in total. The number of amidine groups is 1. The van der Waals surface area contributed by atoms with Crippen LogP contribution in [0.1, 0.15) is 18.9 Å². The summed E-state index contributed by atoms with van der Waals surface area (Å²) < 4.78 is 27.8. The SMILES string of the molecule is CCN1C(=O)C[C@@H](C(=O)NCCc2ccc(S(N)(=O)=O)cc2)SC1=Nc1ccc(OC)cc1. The van der Waals surface area contributed by atoms with Gasteiger partial charge in [-0.25, -0.2) is 18.5 Å². The van der Waals surface area contributed by atoms with Gasteiger partial charge < -0.3 is 10.1 Å². The summed E-state index contributed by atoms with van der Waals surface area (Å²) in [6.07, 6.45) is 0.602. The van der Waals surface area contributed by atoms with Gasteiger partial charge in [0.25, 0.3) is 0 Å². The van der Waals surface area contributed by atoms with E-state index < -0.39 is 15.3 Å². The molecule has 0 aliphatic carbocycles. The summed E-state index contributed by atoms with van der Waals surface area (Å²) in [7, 11) is -2.16. The molecule has 11 heteroatoms. The van der Waals surface area contributed by atoms with Crippen LogP contribution in [-0.2, 0) is 26.0 Å². The monoisotopic (exact) mass is 490 g/mol. The fourth-order valence-corrected chi connectivity index (χ4v) is 4.91. The van der Waals surface area contributed by atoms with Crippen LogP contribution in [0.2, 0.25) is 0 Å². The van der Waals surface area contributed by atoms with E-state index in [9.17, 15) is 18.0 Å². The number of carbonyl (C=O) groups is 2. The van der Waals surface area contributed by atoms with Crippen molar-refractivity contribution >= 4 is 44.5 Å². The molecule has 0 spiro atoms. The van der Waals surface area contributed by atoms with Crippen LogP contribution in [0.4, 0.5) is 5.69 Å². The average Bonchev–Trinajstić information content (AvgIpc) is 2.79. The maximum Gasteiger partial charge on any atom is 0.238 e. The minimum atomic E-state index is -3.74. The lowest BCUT2D eigenvalue weighted by atomic mass is 10.1. The third-order valence-electron chi connectivity index (χ3n) is 5.01. The molecule has 1 atom stereocenters. The highest BCUT2D eigenvalue weighted by atomic mass is 32.2. The van der Waals surface area contributed by atoms with E-state index in [-0.39, 0.29) is 23.1 Å². The number of aliphatic imine (C=N–C) groups is 1. The van der Waals surface area contributed by atoms with Crippen molar-refractivity contribution in [1.29, 1.82) is 0 Å². The molecular weight excluding hydrogens is 464 g/mol. The van der Waals surface area contributed by atoms with Crippen molar-refractivity contribution in [3.05, 3.63) is 54.1 Å². The zero-order valence-corrected chi connectivity index (χ0v) is 20.0. The molecule has 2 aromatic carbocycles. The third kappa shape index (κ3) is 6.56. The van der Waals surface area contributed by atoms with E-state index in [4.69, 9.17) is 9.88 Å². The number of ether oxygens (including phenoxy) is 1. The number of benzene rings is 2. The van der Waals surface area contributed by atoms with Gasteiger partial charge in [-0.1, -0.05) is 23.9 Å². The standard InChI is InChI=1S/C22H26N4O5S2/c1-3-26-20(27)14-19(32-22(26)25-16-6-8-17(31-2)9-7-16)21(28)24-13-12-15-4-10-18(11-5-15)33(23,29)30/h4-11,19H,3,12-14H2,1-2H3,(H,24,28)(H2,23,29,30)/t19-/m0/s1. The molecule has 3 N–H and O–H groups in total.